The van der Waals surface area contributed by atoms with Crippen LogP contribution in [0.1, 0.15) is 26.7 Å². The third-order valence-corrected chi connectivity index (χ3v) is 3.34. The van der Waals surface area contributed by atoms with Crippen LogP contribution in [0.2, 0.25) is 0 Å². The fourth-order valence-corrected chi connectivity index (χ4v) is 2.39. The van der Waals surface area contributed by atoms with Crippen LogP contribution in [0.15, 0.2) is 4.99 Å². The van der Waals surface area contributed by atoms with Crippen molar-refractivity contribution >= 4 is 11.9 Å². The highest BCUT2D eigenvalue weighted by Crippen LogP contribution is 2.21. The molecular weight excluding hydrogens is 240 g/mol. The smallest absolute Gasteiger partial charge is 0.324 e. The van der Waals surface area contributed by atoms with Gasteiger partial charge in [0.15, 0.2) is 0 Å². The molecule has 0 spiro atoms. The predicted octanol–water partition coefficient (Wildman–Crippen LogP) is 1.75. The van der Waals surface area contributed by atoms with Crippen LogP contribution in [-0.4, -0.2) is 73.9 Å². The zero-order chi connectivity index (χ0) is 14.6. The molecule has 0 aromatic heterocycles. The fourth-order valence-electron chi connectivity index (χ4n) is 2.39. The molecule has 1 aliphatic heterocycles. The molecule has 110 valence electrons. The maximum atomic E-state index is 12.3. The summed E-state index contributed by atoms with van der Waals surface area (Å²) in [5.74, 6) is 1.55. The summed E-state index contributed by atoms with van der Waals surface area (Å²) in [5.41, 5.74) is 0. The van der Waals surface area contributed by atoms with Crippen molar-refractivity contribution in [3.05, 3.63) is 0 Å². The molecule has 0 bridgehead atoms. The van der Waals surface area contributed by atoms with Gasteiger partial charge in [0, 0.05) is 39.6 Å². The fraction of sp³-hybridized carbons (Fsp3) is 0.857. The maximum Gasteiger partial charge on any atom is 0.324 e. The number of hydrogen-bond donors (Lipinski definition) is 0. The molecule has 2 unspecified atom stereocenters. The second kappa shape index (κ2) is 6.89. The van der Waals surface area contributed by atoms with Gasteiger partial charge in [0.25, 0.3) is 0 Å². The SMILES string of the molecule is CC1CC(N(CCN(C)C)C(=O)N(C)C)=NC(C)C1. The van der Waals surface area contributed by atoms with E-state index < -0.39 is 0 Å². The second-order valence-electron chi connectivity index (χ2n) is 6.07. The van der Waals surface area contributed by atoms with Crippen LogP contribution in [-0.2, 0) is 0 Å². The van der Waals surface area contributed by atoms with Crippen molar-refractivity contribution in [3.63, 3.8) is 0 Å². The number of rotatable bonds is 3. The van der Waals surface area contributed by atoms with Gasteiger partial charge in [-0.1, -0.05) is 6.92 Å². The number of aliphatic imine (C=N–C) groups is 1. The van der Waals surface area contributed by atoms with Crippen molar-refractivity contribution in [2.75, 3.05) is 41.3 Å². The molecule has 5 nitrogen and oxygen atoms in total. The van der Waals surface area contributed by atoms with Gasteiger partial charge in [0.2, 0.25) is 0 Å². The van der Waals surface area contributed by atoms with Gasteiger partial charge in [-0.2, -0.15) is 0 Å². The maximum absolute atomic E-state index is 12.3. The monoisotopic (exact) mass is 268 g/mol. The standard InChI is InChI=1S/C14H28N4O/c1-11-9-12(2)15-13(10-11)18(8-7-16(3)4)14(19)17(5)6/h11-12H,7-10H2,1-6H3. The minimum absolute atomic E-state index is 0.0295. The Morgan fingerprint density at radius 2 is 1.84 bits per heavy atom. The Morgan fingerprint density at radius 1 is 1.21 bits per heavy atom. The Balaban J connectivity index is 2.86. The van der Waals surface area contributed by atoms with E-state index in [1.807, 2.05) is 19.0 Å². The van der Waals surface area contributed by atoms with Crippen LogP contribution in [0.4, 0.5) is 4.79 Å². The van der Waals surface area contributed by atoms with Crippen molar-refractivity contribution in [3.8, 4) is 0 Å². The Labute approximate surface area is 117 Å². The van der Waals surface area contributed by atoms with Crippen molar-refractivity contribution in [2.45, 2.75) is 32.7 Å². The van der Waals surface area contributed by atoms with Crippen LogP contribution >= 0.6 is 0 Å². The molecule has 0 aliphatic carbocycles. The molecular formula is C14H28N4O. The van der Waals surface area contributed by atoms with E-state index in [0.717, 1.165) is 25.2 Å². The summed E-state index contributed by atoms with van der Waals surface area (Å²) in [5, 5.41) is 0. The van der Waals surface area contributed by atoms with E-state index in [0.29, 0.717) is 18.5 Å². The van der Waals surface area contributed by atoms with Gasteiger partial charge in [-0.3, -0.25) is 9.89 Å². The molecule has 1 rings (SSSR count). The van der Waals surface area contributed by atoms with Crippen LogP contribution in [0.3, 0.4) is 0 Å². The highest BCUT2D eigenvalue weighted by molar-refractivity contribution is 5.97. The first kappa shape index (κ1) is 16.0. The first-order chi connectivity index (χ1) is 8.81. The number of amidine groups is 1. The summed E-state index contributed by atoms with van der Waals surface area (Å²) in [7, 11) is 7.63. The van der Waals surface area contributed by atoms with Gasteiger partial charge < -0.3 is 9.80 Å². The average Bonchev–Trinajstić information content (AvgIpc) is 2.27. The number of amides is 2. The summed E-state index contributed by atoms with van der Waals surface area (Å²) in [6.45, 7) is 5.90. The summed E-state index contributed by atoms with van der Waals surface area (Å²) >= 11 is 0. The van der Waals surface area contributed by atoms with Gasteiger partial charge in [-0.25, -0.2) is 4.79 Å². The zero-order valence-electron chi connectivity index (χ0n) is 13.2. The first-order valence-corrected chi connectivity index (χ1v) is 7.01. The van der Waals surface area contributed by atoms with E-state index in [4.69, 9.17) is 4.99 Å². The molecule has 0 radical (unpaired) electrons. The number of likely N-dealkylation sites (N-methyl/N-ethyl adjacent to an activating group) is 1. The summed E-state index contributed by atoms with van der Waals surface area (Å²) in [6, 6.07) is 0.345. The number of urea groups is 1. The van der Waals surface area contributed by atoms with Crippen LogP contribution < -0.4 is 0 Å². The normalized spacial score (nSPS) is 23.2. The lowest BCUT2D eigenvalue weighted by molar-refractivity contribution is 0.189. The molecule has 5 heteroatoms. The third-order valence-electron chi connectivity index (χ3n) is 3.34. The second-order valence-corrected chi connectivity index (χ2v) is 6.07. The summed E-state index contributed by atoms with van der Waals surface area (Å²) < 4.78 is 0. The molecule has 1 heterocycles. The third kappa shape index (κ3) is 4.82. The molecule has 0 saturated carbocycles. The zero-order valence-corrected chi connectivity index (χ0v) is 13.2. The van der Waals surface area contributed by atoms with Gasteiger partial charge in [-0.15, -0.1) is 0 Å². The molecule has 0 aromatic carbocycles. The Bertz CT molecular complexity index is 338. The summed E-state index contributed by atoms with van der Waals surface area (Å²) in [6.07, 6.45) is 2.01. The van der Waals surface area contributed by atoms with Crippen LogP contribution in [0.5, 0.6) is 0 Å². The van der Waals surface area contributed by atoms with E-state index in [1.54, 1.807) is 19.0 Å². The van der Waals surface area contributed by atoms with Crippen LogP contribution in [0.25, 0.3) is 0 Å². The Hall–Kier alpha value is -1.10. The van der Waals surface area contributed by atoms with Crippen molar-refractivity contribution in [1.82, 2.24) is 14.7 Å². The topological polar surface area (TPSA) is 39.1 Å². The van der Waals surface area contributed by atoms with E-state index in [1.165, 1.54) is 0 Å². The highest BCUT2D eigenvalue weighted by atomic mass is 16.2. The average molecular weight is 268 g/mol. The lowest BCUT2D eigenvalue weighted by Gasteiger charge is -2.33. The van der Waals surface area contributed by atoms with Crippen LogP contribution in [0, 0.1) is 5.92 Å². The molecule has 19 heavy (non-hydrogen) atoms. The van der Waals surface area contributed by atoms with E-state index in [9.17, 15) is 4.79 Å². The number of nitrogens with zero attached hydrogens (tertiary/aromatic N) is 4. The molecule has 0 N–H and O–H groups in total. The van der Waals surface area contributed by atoms with Gasteiger partial charge >= 0.3 is 6.03 Å². The number of carbonyl (C=O) groups is 1. The quantitative estimate of drug-likeness (QED) is 0.782. The van der Waals surface area contributed by atoms with E-state index in [-0.39, 0.29) is 6.03 Å². The van der Waals surface area contributed by atoms with Crippen molar-refractivity contribution in [1.29, 1.82) is 0 Å². The first-order valence-electron chi connectivity index (χ1n) is 7.01. The molecule has 2 amide bonds. The van der Waals surface area contributed by atoms with Gasteiger partial charge in [-0.05, 0) is 33.4 Å². The lowest BCUT2D eigenvalue weighted by atomic mass is 9.95. The molecule has 0 saturated heterocycles. The lowest BCUT2D eigenvalue weighted by Crippen LogP contribution is -2.47. The van der Waals surface area contributed by atoms with E-state index in [2.05, 4.69) is 18.7 Å². The summed E-state index contributed by atoms with van der Waals surface area (Å²) in [4.78, 5) is 22.6. The Kier molecular flexibility index (Phi) is 5.79. The van der Waals surface area contributed by atoms with Gasteiger partial charge in [0.1, 0.15) is 5.84 Å². The van der Waals surface area contributed by atoms with Crippen molar-refractivity contribution < 1.29 is 4.79 Å². The molecule has 2 atom stereocenters. The number of carbonyl (C=O) groups excluding carboxylic acids is 1. The minimum atomic E-state index is 0.0295. The number of hydrogen-bond acceptors (Lipinski definition) is 3. The highest BCUT2D eigenvalue weighted by Gasteiger charge is 2.26. The Morgan fingerprint density at radius 3 is 2.32 bits per heavy atom. The predicted molar refractivity (Wildman–Crippen MR) is 79.6 cm³/mol. The van der Waals surface area contributed by atoms with E-state index >= 15 is 0 Å². The largest absolute Gasteiger partial charge is 0.330 e. The molecule has 1 aliphatic rings. The van der Waals surface area contributed by atoms with Crippen molar-refractivity contribution in [2.24, 2.45) is 10.9 Å². The molecule has 0 fully saturated rings. The van der Waals surface area contributed by atoms with Gasteiger partial charge in [0.05, 0.1) is 0 Å². The minimum Gasteiger partial charge on any atom is -0.330 e. The molecule has 0 aromatic rings.